The van der Waals surface area contributed by atoms with Gasteiger partial charge in [0, 0.05) is 16.6 Å². The van der Waals surface area contributed by atoms with Crippen LogP contribution in [0.2, 0.25) is 0 Å². The van der Waals surface area contributed by atoms with E-state index in [-0.39, 0.29) is 5.82 Å². The summed E-state index contributed by atoms with van der Waals surface area (Å²) in [4.78, 5) is 5.76. The molecule has 1 nitrogen and oxygen atoms in total. The average Bonchev–Trinajstić information content (AvgIpc) is 2.97. The molecule has 2 aromatic carbocycles. The Labute approximate surface area is 144 Å². The van der Waals surface area contributed by atoms with Crippen LogP contribution in [-0.4, -0.2) is 4.98 Å². The van der Waals surface area contributed by atoms with Crippen LogP contribution in [0.25, 0.3) is 31.8 Å². The van der Waals surface area contributed by atoms with Crippen molar-refractivity contribution in [2.45, 2.75) is 13.8 Å². The molecule has 4 rings (SSSR count). The fraction of sp³-hybridized carbons (Fsp3) is 0.0952. The van der Waals surface area contributed by atoms with Gasteiger partial charge in [-0.15, -0.1) is 11.3 Å². The minimum atomic E-state index is -0.210. The summed E-state index contributed by atoms with van der Waals surface area (Å²) in [6.07, 6.45) is 1.93. The molecule has 0 saturated carbocycles. The molecule has 2 heterocycles. The maximum absolute atomic E-state index is 13.1. The van der Waals surface area contributed by atoms with E-state index < -0.39 is 0 Å². The van der Waals surface area contributed by atoms with E-state index in [1.807, 2.05) is 18.3 Å². The molecular weight excluding hydrogens is 317 g/mol. The number of aromatic nitrogens is 1. The fourth-order valence-electron chi connectivity index (χ4n) is 2.98. The number of aryl methyl sites for hydroxylation is 2. The summed E-state index contributed by atoms with van der Waals surface area (Å²) in [5, 5.41) is 1.17. The van der Waals surface area contributed by atoms with Gasteiger partial charge in [0.2, 0.25) is 0 Å². The van der Waals surface area contributed by atoms with Gasteiger partial charge in [0.15, 0.2) is 0 Å². The monoisotopic (exact) mass is 333 g/mol. The normalized spacial score (nSPS) is 11.1. The van der Waals surface area contributed by atoms with E-state index in [0.29, 0.717) is 0 Å². The van der Waals surface area contributed by atoms with E-state index in [9.17, 15) is 4.39 Å². The number of nitrogens with zero attached hydrogens (tertiary/aromatic N) is 1. The van der Waals surface area contributed by atoms with E-state index in [0.717, 1.165) is 26.4 Å². The molecular formula is C21H16FNS. The van der Waals surface area contributed by atoms with E-state index in [1.54, 1.807) is 11.3 Å². The standard InChI is InChI=1S/C21H16FNS/c1-13-7-14(2)9-16(8-13)19-10-17-11-20(24-21(17)12-23-19)15-3-5-18(22)6-4-15/h3-12H,1-2H3. The highest BCUT2D eigenvalue weighted by atomic mass is 32.1. The zero-order valence-corrected chi connectivity index (χ0v) is 14.3. The molecule has 0 spiro atoms. The van der Waals surface area contributed by atoms with Crippen molar-refractivity contribution >= 4 is 21.4 Å². The van der Waals surface area contributed by atoms with Gasteiger partial charge in [-0.1, -0.05) is 29.3 Å². The highest BCUT2D eigenvalue weighted by Crippen LogP contribution is 2.35. The fourth-order valence-corrected chi connectivity index (χ4v) is 4.00. The number of thiophene rings is 1. The van der Waals surface area contributed by atoms with Gasteiger partial charge in [0.25, 0.3) is 0 Å². The Kier molecular flexibility index (Phi) is 3.66. The molecule has 4 aromatic rings. The zero-order chi connectivity index (χ0) is 16.7. The summed E-state index contributed by atoms with van der Waals surface area (Å²) in [5.41, 5.74) is 5.64. The number of benzene rings is 2. The predicted octanol–water partition coefficient (Wildman–Crippen LogP) is 6.39. The van der Waals surface area contributed by atoms with Crippen LogP contribution in [-0.2, 0) is 0 Å². The van der Waals surface area contributed by atoms with Crippen LogP contribution in [0.4, 0.5) is 4.39 Å². The highest BCUT2D eigenvalue weighted by molar-refractivity contribution is 7.22. The molecule has 0 fully saturated rings. The minimum absolute atomic E-state index is 0.210. The summed E-state index contributed by atoms with van der Waals surface area (Å²) in [5.74, 6) is -0.210. The zero-order valence-electron chi connectivity index (χ0n) is 13.5. The van der Waals surface area contributed by atoms with Crippen molar-refractivity contribution in [1.29, 1.82) is 0 Å². The second-order valence-corrected chi connectivity index (χ2v) is 7.19. The van der Waals surface area contributed by atoms with Gasteiger partial charge in [-0.25, -0.2) is 4.39 Å². The molecule has 3 heteroatoms. The number of hydrogen-bond acceptors (Lipinski definition) is 2. The first-order valence-electron chi connectivity index (χ1n) is 7.83. The van der Waals surface area contributed by atoms with Gasteiger partial charge >= 0.3 is 0 Å². The van der Waals surface area contributed by atoms with E-state index in [2.05, 4.69) is 49.2 Å². The molecule has 0 radical (unpaired) electrons. The van der Waals surface area contributed by atoms with Crippen LogP contribution in [0.1, 0.15) is 11.1 Å². The lowest BCUT2D eigenvalue weighted by Crippen LogP contribution is -1.85. The molecule has 0 unspecified atom stereocenters. The molecule has 0 aliphatic carbocycles. The smallest absolute Gasteiger partial charge is 0.123 e. The van der Waals surface area contributed by atoms with Crippen LogP contribution in [0.15, 0.2) is 60.8 Å². The van der Waals surface area contributed by atoms with E-state index >= 15 is 0 Å². The number of hydrogen-bond donors (Lipinski definition) is 0. The number of rotatable bonds is 2. The second-order valence-electron chi connectivity index (χ2n) is 6.10. The summed E-state index contributed by atoms with van der Waals surface area (Å²) in [6.45, 7) is 4.21. The van der Waals surface area contributed by atoms with Crippen molar-refractivity contribution in [2.75, 3.05) is 0 Å². The first kappa shape index (κ1) is 15.0. The van der Waals surface area contributed by atoms with Gasteiger partial charge in [0.05, 0.1) is 10.4 Å². The largest absolute Gasteiger partial charge is 0.255 e. The molecule has 0 bridgehead atoms. The van der Waals surface area contributed by atoms with Crippen molar-refractivity contribution in [3.05, 3.63) is 77.7 Å². The van der Waals surface area contributed by atoms with Gasteiger partial charge in [-0.2, -0.15) is 0 Å². The molecule has 0 N–H and O–H groups in total. The molecule has 0 aliphatic heterocycles. The molecule has 2 aromatic heterocycles. The van der Waals surface area contributed by atoms with E-state index in [4.69, 9.17) is 0 Å². The van der Waals surface area contributed by atoms with Crippen molar-refractivity contribution < 1.29 is 4.39 Å². The summed E-state index contributed by atoms with van der Waals surface area (Å²) in [6, 6.07) is 17.4. The number of pyridine rings is 1. The SMILES string of the molecule is Cc1cc(C)cc(-c2cc3cc(-c4ccc(F)cc4)sc3cn2)c1. The molecule has 0 saturated heterocycles. The molecule has 0 amide bonds. The van der Waals surface area contributed by atoms with Crippen LogP contribution in [0.3, 0.4) is 0 Å². The summed E-state index contributed by atoms with van der Waals surface area (Å²) in [7, 11) is 0. The minimum Gasteiger partial charge on any atom is -0.255 e. The molecule has 0 aliphatic rings. The lowest BCUT2D eigenvalue weighted by Gasteiger charge is -2.04. The molecule has 118 valence electrons. The Hall–Kier alpha value is -2.52. The van der Waals surface area contributed by atoms with Gasteiger partial charge in [-0.05, 0) is 61.2 Å². The summed E-state index contributed by atoms with van der Waals surface area (Å²) < 4.78 is 14.2. The van der Waals surface area contributed by atoms with Gasteiger partial charge in [0.1, 0.15) is 5.82 Å². The lowest BCUT2D eigenvalue weighted by molar-refractivity contribution is 0.628. The quantitative estimate of drug-likeness (QED) is 0.414. The Morgan fingerprint density at radius 1 is 0.833 bits per heavy atom. The predicted molar refractivity (Wildman–Crippen MR) is 99.9 cm³/mol. The third-order valence-electron chi connectivity index (χ3n) is 4.05. The molecule has 24 heavy (non-hydrogen) atoms. The second kappa shape index (κ2) is 5.84. The highest BCUT2D eigenvalue weighted by Gasteiger charge is 2.08. The lowest BCUT2D eigenvalue weighted by atomic mass is 10.0. The van der Waals surface area contributed by atoms with Crippen LogP contribution in [0, 0.1) is 19.7 Å². The maximum Gasteiger partial charge on any atom is 0.123 e. The number of fused-ring (bicyclic) bond motifs is 1. The Balaban J connectivity index is 1.79. The van der Waals surface area contributed by atoms with Crippen molar-refractivity contribution in [3.63, 3.8) is 0 Å². The number of halogens is 1. The Morgan fingerprint density at radius 2 is 1.54 bits per heavy atom. The van der Waals surface area contributed by atoms with Gasteiger partial charge < -0.3 is 0 Å². The first-order chi connectivity index (χ1) is 11.6. The first-order valence-corrected chi connectivity index (χ1v) is 8.64. The molecule has 0 atom stereocenters. The average molecular weight is 333 g/mol. The third kappa shape index (κ3) is 2.83. The van der Waals surface area contributed by atoms with Crippen LogP contribution in [0.5, 0.6) is 0 Å². The van der Waals surface area contributed by atoms with Crippen molar-refractivity contribution in [3.8, 4) is 21.7 Å². The third-order valence-corrected chi connectivity index (χ3v) is 5.18. The van der Waals surface area contributed by atoms with Crippen LogP contribution < -0.4 is 0 Å². The Bertz CT molecular complexity index is 1010. The van der Waals surface area contributed by atoms with Crippen molar-refractivity contribution in [2.24, 2.45) is 0 Å². The Morgan fingerprint density at radius 3 is 2.25 bits per heavy atom. The maximum atomic E-state index is 13.1. The van der Waals surface area contributed by atoms with Gasteiger partial charge in [-0.3, -0.25) is 4.98 Å². The summed E-state index contributed by atoms with van der Waals surface area (Å²) >= 11 is 1.68. The van der Waals surface area contributed by atoms with Crippen molar-refractivity contribution in [1.82, 2.24) is 4.98 Å². The topological polar surface area (TPSA) is 12.9 Å². The van der Waals surface area contributed by atoms with E-state index in [1.165, 1.54) is 28.6 Å². The van der Waals surface area contributed by atoms with Crippen LogP contribution >= 0.6 is 11.3 Å².